The Hall–Kier alpha value is -0.860. The van der Waals surface area contributed by atoms with Crippen molar-refractivity contribution in [3.63, 3.8) is 0 Å². The van der Waals surface area contributed by atoms with Crippen molar-refractivity contribution in [1.29, 1.82) is 0 Å². The van der Waals surface area contributed by atoms with Gasteiger partial charge in [-0.25, -0.2) is 0 Å². The highest BCUT2D eigenvalue weighted by Gasteiger charge is 2.40. The molecule has 2 rings (SSSR count). The third-order valence-electron chi connectivity index (χ3n) is 3.44. The number of carbonyl (C=O) groups excluding carboxylic acids is 1. The first kappa shape index (κ1) is 14.2. The zero-order chi connectivity index (χ0) is 11.6. The van der Waals surface area contributed by atoms with Gasteiger partial charge in [0.1, 0.15) is 5.54 Å². The molecule has 1 N–H and O–H groups in total. The van der Waals surface area contributed by atoms with E-state index >= 15 is 0 Å². The van der Waals surface area contributed by atoms with Gasteiger partial charge in [0, 0.05) is 11.4 Å². The second-order valence-corrected chi connectivity index (χ2v) is 4.67. The number of rotatable bonds is 2. The summed E-state index contributed by atoms with van der Waals surface area (Å²) in [5, 5.41) is 3.86. The van der Waals surface area contributed by atoms with Crippen LogP contribution in [-0.4, -0.2) is 12.8 Å². The van der Waals surface area contributed by atoms with Crippen LogP contribution in [0.2, 0.25) is 5.02 Å². The maximum atomic E-state index is 12.2. The summed E-state index contributed by atoms with van der Waals surface area (Å²) in [5.41, 5.74) is 0.361. The van der Waals surface area contributed by atoms with Crippen LogP contribution >= 0.6 is 11.6 Å². The lowest BCUT2D eigenvalue weighted by Gasteiger charge is -2.36. The van der Waals surface area contributed by atoms with Crippen LogP contribution in [0.4, 0.5) is 0 Å². The van der Waals surface area contributed by atoms with Gasteiger partial charge in [0.25, 0.3) is 0 Å². The summed E-state index contributed by atoms with van der Waals surface area (Å²) in [5.74, 6) is 0.259. The van der Waals surface area contributed by atoms with E-state index in [1.165, 1.54) is 0 Å². The highest BCUT2D eigenvalue weighted by Crippen LogP contribution is 2.37. The van der Waals surface area contributed by atoms with Crippen LogP contribution in [0, 0.1) is 0 Å². The lowest BCUT2D eigenvalue weighted by atomic mass is 9.75. The summed E-state index contributed by atoms with van der Waals surface area (Å²) in [6.07, 6.45) is 3.54. The van der Waals surface area contributed by atoms with Crippen molar-refractivity contribution >= 4 is 17.4 Å². The lowest BCUT2D eigenvalue weighted by Crippen LogP contribution is -2.49. The molecular formula is C14H20ClNO. The minimum Gasteiger partial charge on any atom is -0.304 e. The number of ketones is 1. The number of nitrogens with one attached hydrogen (secondary N) is 1. The fourth-order valence-electron chi connectivity index (χ4n) is 2.52. The minimum absolute atomic E-state index is 0. The van der Waals surface area contributed by atoms with Crippen molar-refractivity contribution in [2.24, 2.45) is 0 Å². The first-order valence-corrected chi connectivity index (χ1v) is 6.06. The van der Waals surface area contributed by atoms with Gasteiger partial charge in [-0.1, -0.05) is 43.6 Å². The molecule has 94 valence electrons. The molecule has 0 aromatic heterocycles. The van der Waals surface area contributed by atoms with Gasteiger partial charge >= 0.3 is 0 Å². The van der Waals surface area contributed by atoms with Gasteiger partial charge in [-0.3, -0.25) is 4.79 Å². The molecule has 1 atom stereocenters. The zero-order valence-electron chi connectivity index (χ0n) is 9.42. The number of carbonyl (C=O) groups is 1. The SMILES string of the molecule is C.CN[C@@]1(c2ccccc2Cl)CCCCC1=O. The molecule has 0 amide bonds. The Kier molecular flexibility index (Phi) is 4.72. The molecule has 0 heterocycles. The quantitative estimate of drug-likeness (QED) is 0.874. The highest BCUT2D eigenvalue weighted by atomic mass is 35.5. The Labute approximate surface area is 108 Å². The number of likely N-dealkylation sites (N-methyl/N-ethyl adjacent to an activating group) is 1. The molecule has 0 radical (unpaired) electrons. The number of halogens is 1. The predicted octanol–water partition coefficient (Wildman–Crippen LogP) is 3.53. The normalized spacial score (nSPS) is 24.2. The zero-order valence-corrected chi connectivity index (χ0v) is 10.2. The lowest BCUT2D eigenvalue weighted by molar-refractivity contribution is -0.127. The van der Waals surface area contributed by atoms with E-state index in [0.29, 0.717) is 11.4 Å². The number of Topliss-reactive ketones (excluding diaryl/α,β-unsaturated/α-hetero) is 1. The molecule has 0 unspecified atom stereocenters. The van der Waals surface area contributed by atoms with Gasteiger partial charge in [0.2, 0.25) is 0 Å². The van der Waals surface area contributed by atoms with Crippen molar-refractivity contribution in [1.82, 2.24) is 5.32 Å². The van der Waals surface area contributed by atoms with Crippen molar-refractivity contribution in [3.8, 4) is 0 Å². The van der Waals surface area contributed by atoms with Gasteiger partial charge in [0.05, 0.1) is 0 Å². The van der Waals surface area contributed by atoms with Crippen LogP contribution in [0.15, 0.2) is 24.3 Å². The van der Waals surface area contributed by atoms with Gasteiger partial charge in [-0.2, -0.15) is 0 Å². The average molecular weight is 254 g/mol. The van der Waals surface area contributed by atoms with Crippen molar-refractivity contribution in [3.05, 3.63) is 34.9 Å². The Morgan fingerprint density at radius 3 is 2.59 bits per heavy atom. The third kappa shape index (κ3) is 2.38. The molecule has 1 fully saturated rings. The molecule has 1 aliphatic rings. The molecule has 1 aliphatic carbocycles. The number of benzene rings is 1. The molecule has 1 saturated carbocycles. The van der Waals surface area contributed by atoms with Gasteiger partial charge in [-0.15, -0.1) is 0 Å². The van der Waals surface area contributed by atoms with Crippen LogP contribution < -0.4 is 5.32 Å². The monoisotopic (exact) mass is 253 g/mol. The fraction of sp³-hybridized carbons (Fsp3) is 0.500. The van der Waals surface area contributed by atoms with E-state index in [1.54, 1.807) is 0 Å². The number of hydrogen-bond donors (Lipinski definition) is 1. The largest absolute Gasteiger partial charge is 0.304 e. The van der Waals surface area contributed by atoms with Gasteiger partial charge < -0.3 is 5.32 Å². The summed E-state index contributed by atoms with van der Waals surface area (Å²) in [4.78, 5) is 12.2. The molecule has 17 heavy (non-hydrogen) atoms. The van der Waals surface area contributed by atoms with Gasteiger partial charge in [0.15, 0.2) is 5.78 Å². The van der Waals surface area contributed by atoms with E-state index in [0.717, 1.165) is 24.8 Å². The molecule has 0 saturated heterocycles. The van der Waals surface area contributed by atoms with Crippen molar-refractivity contribution in [2.75, 3.05) is 7.05 Å². The van der Waals surface area contributed by atoms with Crippen LogP contribution in [0.5, 0.6) is 0 Å². The van der Waals surface area contributed by atoms with E-state index in [9.17, 15) is 4.79 Å². The summed E-state index contributed by atoms with van der Waals surface area (Å²) < 4.78 is 0. The van der Waals surface area contributed by atoms with E-state index in [1.807, 2.05) is 31.3 Å². The molecule has 0 spiro atoms. The summed E-state index contributed by atoms with van der Waals surface area (Å²) in [6, 6.07) is 7.62. The molecule has 3 heteroatoms. The predicted molar refractivity (Wildman–Crippen MR) is 72.4 cm³/mol. The van der Waals surface area contributed by atoms with Gasteiger partial charge in [-0.05, 0) is 31.5 Å². The van der Waals surface area contributed by atoms with E-state index < -0.39 is 5.54 Å². The smallest absolute Gasteiger partial charge is 0.157 e. The van der Waals surface area contributed by atoms with Crippen LogP contribution in [-0.2, 0) is 10.3 Å². The Balaban J connectivity index is 0.00000144. The maximum absolute atomic E-state index is 12.2. The molecule has 0 aliphatic heterocycles. The molecule has 1 aromatic rings. The minimum atomic E-state index is -0.559. The Morgan fingerprint density at radius 1 is 1.29 bits per heavy atom. The maximum Gasteiger partial charge on any atom is 0.157 e. The summed E-state index contributed by atoms with van der Waals surface area (Å²) >= 11 is 6.20. The van der Waals surface area contributed by atoms with E-state index in [4.69, 9.17) is 11.6 Å². The summed E-state index contributed by atoms with van der Waals surface area (Å²) in [6.45, 7) is 0. The Bertz CT molecular complexity index is 405. The first-order valence-electron chi connectivity index (χ1n) is 5.68. The van der Waals surface area contributed by atoms with E-state index in [2.05, 4.69) is 5.32 Å². The summed E-state index contributed by atoms with van der Waals surface area (Å²) in [7, 11) is 1.84. The van der Waals surface area contributed by atoms with Crippen LogP contribution in [0.1, 0.15) is 38.7 Å². The second-order valence-electron chi connectivity index (χ2n) is 4.27. The highest BCUT2D eigenvalue weighted by molar-refractivity contribution is 6.31. The van der Waals surface area contributed by atoms with Crippen molar-refractivity contribution in [2.45, 2.75) is 38.6 Å². The molecule has 2 nitrogen and oxygen atoms in total. The molecular weight excluding hydrogens is 234 g/mol. The Morgan fingerprint density at radius 2 is 2.00 bits per heavy atom. The molecule has 0 bridgehead atoms. The first-order chi connectivity index (χ1) is 7.70. The second kappa shape index (κ2) is 5.65. The standard InChI is InChI=1S/C13H16ClNO.CH4/c1-15-13(9-5-4-8-12(13)16)10-6-2-3-7-11(10)14;/h2-3,6-7,15H,4-5,8-9H2,1H3;1H4/t13-;/m1./s1. The van der Waals surface area contributed by atoms with Crippen LogP contribution in [0.25, 0.3) is 0 Å². The van der Waals surface area contributed by atoms with Crippen LogP contribution in [0.3, 0.4) is 0 Å². The number of hydrogen-bond acceptors (Lipinski definition) is 2. The van der Waals surface area contributed by atoms with Crippen molar-refractivity contribution < 1.29 is 4.79 Å². The molecule has 1 aromatic carbocycles. The average Bonchev–Trinajstić information content (AvgIpc) is 2.31. The fourth-order valence-corrected chi connectivity index (χ4v) is 2.82. The third-order valence-corrected chi connectivity index (χ3v) is 3.77. The topological polar surface area (TPSA) is 29.1 Å². The van der Waals surface area contributed by atoms with E-state index in [-0.39, 0.29) is 13.2 Å².